The minimum absolute atomic E-state index is 0.129. The Bertz CT molecular complexity index is 525. The summed E-state index contributed by atoms with van der Waals surface area (Å²) in [5.41, 5.74) is 0.129. The van der Waals surface area contributed by atoms with Crippen molar-refractivity contribution in [2.75, 3.05) is 6.54 Å². The molecule has 0 bridgehead atoms. The summed E-state index contributed by atoms with van der Waals surface area (Å²) in [6, 6.07) is 5.74. The van der Waals surface area contributed by atoms with E-state index in [1.54, 1.807) is 6.92 Å². The quantitative estimate of drug-likeness (QED) is 0.807. The van der Waals surface area contributed by atoms with Crippen LogP contribution in [0, 0.1) is 5.92 Å². The van der Waals surface area contributed by atoms with Gasteiger partial charge in [0, 0.05) is 11.4 Å². The van der Waals surface area contributed by atoms with Gasteiger partial charge in [0.1, 0.15) is 5.25 Å². The van der Waals surface area contributed by atoms with Gasteiger partial charge in [0.2, 0.25) is 5.91 Å². The molecular formula is C15H21NO4S. The molecule has 1 amide bonds. The molecule has 2 atom stereocenters. The van der Waals surface area contributed by atoms with Gasteiger partial charge in [0.05, 0.1) is 16.4 Å². The first-order valence-electron chi connectivity index (χ1n) is 6.84. The van der Waals surface area contributed by atoms with Crippen LogP contribution in [-0.2, 0) is 15.6 Å². The van der Waals surface area contributed by atoms with Crippen molar-refractivity contribution in [2.24, 2.45) is 5.92 Å². The van der Waals surface area contributed by atoms with Gasteiger partial charge in [0.25, 0.3) is 0 Å². The van der Waals surface area contributed by atoms with Crippen molar-refractivity contribution < 1.29 is 18.9 Å². The zero-order valence-electron chi connectivity index (χ0n) is 12.5. The molecule has 0 saturated carbocycles. The maximum absolute atomic E-state index is 12.3. The fraction of sp³-hybridized carbons (Fsp3) is 0.467. The first-order valence-corrected chi connectivity index (χ1v) is 8.06. The third kappa shape index (κ3) is 5.30. The van der Waals surface area contributed by atoms with Gasteiger partial charge in [-0.1, -0.05) is 13.8 Å². The summed E-state index contributed by atoms with van der Waals surface area (Å²) >= 11 is 0. The number of rotatable bonds is 7. The van der Waals surface area contributed by atoms with E-state index in [0.29, 0.717) is 17.4 Å². The normalized spacial score (nSPS) is 13.7. The lowest BCUT2D eigenvalue weighted by molar-refractivity contribution is -0.120. The number of benzene rings is 1. The van der Waals surface area contributed by atoms with E-state index in [-0.39, 0.29) is 11.5 Å². The molecule has 2 N–H and O–H groups in total. The van der Waals surface area contributed by atoms with Gasteiger partial charge in [-0.15, -0.1) is 0 Å². The maximum Gasteiger partial charge on any atom is 0.335 e. The minimum Gasteiger partial charge on any atom is -0.478 e. The van der Waals surface area contributed by atoms with Crippen LogP contribution in [0.3, 0.4) is 0 Å². The second kappa shape index (κ2) is 7.93. The molecule has 1 aromatic carbocycles. The number of nitrogens with one attached hydrogen (secondary N) is 1. The van der Waals surface area contributed by atoms with E-state index < -0.39 is 22.0 Å². The van der Waals surface area contributed by atoms with Crippen LogP contribution in [-0.4, -0.2) is 33.0 Å². The molecule has 1 aromatic rings. The third-order valence-corrected chi connectivity index (χ3v) is 4.64. The lowest BCUT2D eigenvalue weighted by atomic mass is 10.1. The summed E-state index contributed by atoms with van der Waals surface area (Å²) in [5, 5.41) is 10.9. The predicted molar refractivity (Wildman–Crippen MR) is 81.7 cm³/mol. The molecule has 116 valence electrons. The molecule has 0 aliphatic rings. The Kier molecular flexibility index (Phi) is 6.55. The van der Waals surface area contributed by atoms with Crippen molar-refractivity contribution in [1.82, 2.24) is 5.32 Å². The second-order valence-electron chi connectivity index (χ2n) is 5.24. The lowest BCUT2D eigenvalue weighted by Gasteiger charge is -2.13. The number of amides is 1. The van der Waals surface area contributed by atoms with Gasteiger partial charge >= 0.3 is 5.97 Å². The minimum atomic E-state index is -1.50. The van der Waals surface area contributed by atoms with Crippen LogP contribution in [0.2, 0.25) is 0 Å². The van der Waals surface area contributed by atoms with E-state index in [2.05, 4.69) is 19.2 Å². The number of carboxylic acid groups (broad SMARTS) is 1. The van der Waals surface area contributed by atoms with Crippen LogP contribution in [0.25, 0.3) is 0 Å². The highest BCUT2D eigenvalue weighted by Crippen LogP contribution is 2.13. The van der Waals surface area contributed by atoms with Gasteiger partial charge in [-0.05, 0) is 43.5 Å². The van der Waals surface area contributed by atoms with Crippen molar-refractivity contribution in [3.05, 3.63) is 29.8 Å². The van der Waals surface area contributed by atoms with E-state index in [4.69, 9.17) is 5.11 Å². The predicted octanol–water partition coefficient (Wildman–Crippen LogP) is 2.04. The molecule has 21 heavy (non-hydrogen) atoms. The number of hydrogen-bond donors (Lipinski definition) is 2. The largest absolute Gasteiger partial charge is 0.478 e. The Morgan fingerprint density at radius 2 is 1.76 bits per heavy atom. The van der Waals surface area contributed by atoms with Crippen LogP contribution in [0.4, 0.5) is 0 Å². The van der Waals surface area contributed by atoms with Crippen LogP contribution in [0.5, 0.6) is 0 Å². The summed E-state index contributed by atoms with van der Waals surface area (Å²) in [7, 11) is -1.50. The van der Waals surface area contributed by atoms with Crippen LogP contribution < -0.4 is 5.32 Å². The van der Waals surface area contributed by atoms with Crippen LogP contribution in [0.1, 0.15) is 37.6 Å². The van der Waals surface area contributed by atoms with Crippen molar-refractivity contribution in [2.45, 2.75) is 37.3 Å². The number of carboxylic acids is 1. The highest BCUT2D eigenvalue weighted by atomic mass is 32.2. The standard InChI is InChI=1S/C15H21NO4S/c1-10(2)8-9-16-14(17)11(3)21(20)13-6-4-12(5-7-13)15(18)19/h4-7,10-11H,8-9H2,1-3H3,(H,16,17)(H,18,19). The average molecular weight is 311 g/mol. The number of carbonyl (C=O) groups is 2. The molecule has 5 nitrogen and oxygen atoms in total. The molecule has 2 unspecified atom stereocenters. The lowest BCUT2D eigenvalue weighted by Crippen LogP contribution is -2.36. The Morgan fingerprint density at radius 1 is 1.19 bits per heavy atom. The number of hydrogen-bond acceptors (Lipinski definition) is 3. The summed E-state index contributed by atoms with van der Waals surface area (Å²) in [5.74, 6) is -0.794. The molecule has 6 heteroatoms. The number of aromatic carboxylic acids is 1. The van der Waals surface area contributed by atoms with Crippen molar-refractivity contribution in [3.63, 3.8) is 0 Å². The molecule has 1 rings (SSSR count). The molecule has 0 saturated heterocycles. The van der Waals surface area contributed by atoms with Gasteiger partial charge < -0.3 is 10.4 Å². The van der Waals surface area contributed by atoms with E-state index in [1.807, 2.05) is 0 Å². The number of carbonyl (C=O) groups excluding carboxylic acids is 1. The highest BCUT2D eigenvalue weighted by molar-refractivity contribution is 7.86. The summed E-state index contributed by atoms with van der Waals surface area (Å²) in [6.07, 6.45) is 0.873. The van der Waals surface area contributed by atoms with Crippen molar-refractivity contribution in [1.29, 1.82) is 0 Å². The third-order valence-electron chi connectivity index (χ3n) is 3.04. The Balaban J connectivity index is 2.64. The molecule has 0 spiro atoms. The molecule has 0 aliphatic heterocycles. The van der Waals surface area contributed by atoms with Gasteiger partial charge in [-0.25, -0.2) is 4.79 Å². The first-order chi connectivity index (χ1) is 9.82. The maximum atomic E-state index is 12.3. The molecule has 0 fully saturated rings. The Morgan fingerprint density at radius 3 is 2.24 bits per heavy atom. The fourth-order valence-electron chi connectivity index (χ4n) is 1.66. The van der Waals surface area contributed by atoms with Gasteiger partial charge in [0.15, 0.2) is 0 Å². The SMILES string of the molecule is CC(C)CCNC(=O)C(C)S(=O)c1ccc(C(=O)O)cc1. The van der Waals surface area contributed by atoms with Crippen molar-refractivity contribution >= 4 is 22.7 Å². The molecule has 0 aliphatic carbocycles. The van der Waals surface area contributed by atoms with Crippen molar-refractivity contribution in [3.8, 4) is 0 Å². The molecule has 0 aromatic heterocycles. The van der Waals surface area contributed by atoms with Gasteiger partial charge in [-0.2, -0.15) is 0 Å². The van der Waals surface area contributed by atoms with E-state index in [1.165, 1.54) is 24.3 Å². The molecular weight excluding hydrogens is 290 g/mol. The first kappa shape index (κ1) is 17.4. The second-order valence-corrected chi connectivity index (χ2v) is 7.02. The summed E-state index contributed by atoms with van der Waals surface area (Å²) in [4.78, 5) is 23.1. The monoisotopic (exact) mass is 311 g/mol. The summed E-state index contributed by atoms with van der Waals surface area (Å²) in [6.45, 7) is 6.30. The zero-order valence-corrected chi connectivity index (χ0v) is 13.3. The van der Waals surface area contributed by atoms with E-state index in [0.717, 1.165) is 6.42 Å². The van der Waals surface area contributed by atoms with Crippen LogP contribution >= 0.6 is 0 Å². The topological polar surface area (TPSA) is 83.5 Å². The van der Waals surface area contributed by atoms with Crippen LogP contribution in [0.15, 0.2) is 29.2 Å². The average Bonchev–Trinajstić information content (AvgIpc) is 2.45. The van der Waals surface area contributed by atoms with Gasteiger partial charge in [-0.3, -0.25) is 9.00 Å². The smallest absolute Gasteiger partial charge is 0.335 e. The highest BCUT2D eigenvalue weighted by Gasteiger charge is 2.21. The Hall–Kier alpha value is -1.69. The fourth-order valence-corrected chi connectivity index (χ4v) is 2.75. The molecule has 0 radical (unpaired) electrons. The Labute approximate surface area is 127 Å². The molecule has 0 heterocycles. The van der Waals surface area contributed by atoms with E-state index >= 15 is 0 Å². The summed E-state index contributed by atoms with van der Waals surface area (Å²) < 4.78 is 12.3. The zero-order chi connectivity index (χ0) is 16.0. The van der Waals surface area contributed by atoms with E-state index in [9.17, 15) is 13.8 Å².